The summed E-state index contributed by atoms with van der Waals surface area (Å²) < 4.78 is 17.5. The lowest BCUT2D eigenvalue weighted by molar-refractivity contribution is 0.151. The molecule has 1 fully saturated rings. The van der Waals surface area contributed by atoms with Crippen molar-refractivity contribution >= 4 is 13.0 Å². The van der Waals surface area contributed by atoms with Crippen molar-refractivity contribution in [2.75, 3.05) is 13.7 Å². The second kappa shape index (κ2) is 13.1. The minimum atomic E-state index is -0.355. The van der Waals surface area contributed by atoms with Crippen LogP contribution in [0.15, 0.2) is 66.6 Å². The molecule has 5 nitrogen and oxygen atoms in total. The fourth-order valence-electron chi connectivity index (χ4n) is 4.28. The Hall–Kier alpha value is -2.89. The lowest BCUT2D eigenvalue weighted by Gasteiger charge is -2.28. The first kappa shape index (κ1) is 25.7. The molecule has 6 heteroatoms. The summed E-state index contributed by atoms with van der Waals surface area (Å²) in [6.07, 6.45) is 8.09. The highest BCUT2D eigenvalue weighted by molar-refractivity contribution is 6.52. The highest BCUT2D eigenvalue weighted by Gasteiger charge is 2.38. The Morgan fingerprint density at radius 1 is 1.09 bits per heavy atom. The van der Waals surface area contributed by atoms with Gasteiger partial charge in [-0.1, -0.05) is 88.9 Å². The number of hydrogen-bond donors (Lipinski definition) is 0. The van der Waals surface area contributed by atoms with Crippen LogP contribution in [0.25, 0.3) is 0 Å². The van der Waals surface area contributed by atoms with Crippen LogP contribution in [0, 0.1) is 0 Å². The lowest BCUT2D eigenvalue weighted by atomic mass is 9.59. The number of methoxy groups -OCH3 is 1. The Morgan fingerprint density at radius 3 is 2.32 bits per heavy atom. The minimum absolute atomic E-state index is 0.0451. The normalized spacial score (nSPS) is 16.8. The largest absolute Gasteiger partial charge is 0.549 e. The topological polar surface area (TPSA) is 48.0 Å². The van der Waals surface area contributed by atoms with E-state index in [0.717, 1.165) is 55.2 Å². The molecule has 2 atom stereocenters. The second-order valence-corrected chi connectivity index (χ2v) is 8.96. The summed E-state index contributed by atoms with van der Waals surface area (Å²) >= 11 is 0. The molecule has 0 unspecified atom stereocenters. The molecule has 3 rings (SSSR count). The summed E-state index contributed by atoms with van der Waals surface area (Å²) in [5, 5.41) is 0. The van der Waals surface area contributed by atoms with E-state index in [1.807, 2.05) is 42.5 Å². The van der Waals surface area contributed by atoms with Crippen molar-refractivity contribution in [2.45, 2.75) is 71.1 Å². The van der Waals surface area contributed by atoms with Gasteiger partial charge in [-0.15, -0.1) is 0 Å². The molecule has 34 heavy (non-hydrogen) atoms. The molecule has 1 aliphatic rings. The van der Waals surface area contributed by atoms with Crippen molar-refractivity contribution in [3.8, 4) is 5.75 Å². The van der Waals surface area contributed by atoms with E-state index < -0.39 is 0 Å². The van der Waals surface area contributed by atoms with Crippen LogP contribution in [0.4, 0.5) is 4.79 Å². The fourth-order valence-corrected chi connectivity index (χ4v) is 4.28. The van der Waals surface area contributed by atoms with Crippen molar-refractivity contribution in [3.05, 3.63) is 77.7 Å². The Kier molecular flexibility index (Phi) is 9.93. The van der Waals surface area contributed by atoms with Gasteiger partial charge in [0.25, 0.3) is 0 Å². The van der Waals surface area contributed by atoms with Crippen molar-refractivity contribution < 1.29 is 18.9 Å². The third kappa shape index (κ3) is 6.81. The van der Waals surface area contributed by atoms with Crippen LogP contribution in [-0.4, -0.2) is 31.6 Å². The molecule has 1 saturated heterocycles. The summed E-state index contributed by atoms with van der Waals surface area (Å²) in [6, 6.07) is 17.9. The smallest absolute Gasteiger partial charge is 0.417 e. The maximum Gasteiger partial charge on any atom is 0.417 e. The lowest BCUT2D eigenvalue weighted by Crippen LogP contribution is -2.32. The average molecular weight is 463 g/mol. The molecule has 182 valence electrons. The zero-order chi connectivity index (χ0) is 24.3. The van der Waals surface area contributed by atoms with Crippen molar-refractivity contribution in [2.24, 2.45) is 0 Å². The maximum absolute atomic E-state index is 13.0. The van der Waals surface area contributed by atoms with Gasteiger partial charge in [-0.05, 0) is 42.0 Å². The standard InChI is InChI=1S/C28H38BNO4/c1-5-7-18-29(19-8-6-2)34-27(20-22(3)23-14-16-25(32-4)17-15-23)30-26(21-33-28(30)31)24-12-10-9-11-13-24/h9-17,20,22,26H,5-8,18-19,21H2,1-4H3/b27-20-/t22-,26-/m1/s1. The number of allylic oxidation sites excluding steroid dienone is 1. The van der Waals surface area contributed by atoms with Crippen LogP contribution in [-0.2, 0) is 9.39 Å². The summed E-state index contributed by atoms with van der Waals surface area (Å²) in [5.41, 5.74) is 2.17. The highest BCUT2D eigenvalue weighted by atomic mass is 16.6. The molecule has 1 heterocycles. The van der Waals surface area contributed by atoms with Gasteiger partial charge >= 0.3 is 13.0 Å². The fraction of sp³-hybridized carbons (Fsp3) is 0.464. The molecule has 0 aromatic heterocycles. The molecule has 1 aliphatic heterocycles. The van der Waals surface area contributed by atoms with Crippen LogP contribution in [0.2, 0.25) is 12.6 Å². The van der Waals surface area contributed by atoms with Gasteiger partial charge in [-0.2, -0.15) is 0 Å². The minimum Gasteiger partial charge on any atom is -0.549 e. The van der Waals surface area contributed by atoms with Gasteiger partial charge in [-0.3, -0.25) is 0 Å². The molecule has 1 amide bonds. The van der Waals surface area contributed by atoms with Gasteiger partial charge in [0, 0.05) is 5.92 Å². The van der Waals surface area contributed by atoms with E-state index in [1.54, 1.807) is 12.0 Å². The van der Waals surface area contributed by atoms with Crippen LogP contribution < -0.4 is 4.74 Å². The molecule has 0 N–H and O–H groups in total. The monoisotopic (exact) mass is 463 g/mol. The van der Waals surface area contributed by atoms with Gasteiger partial charge in [0.1, 0.15) is 18.4 Å². The Morgan fingerprint density at radius 2 is 1.74 bits per heavy atom. The van der Waals surface area contributed by atoms with Gasteiger partial charge in [-0.25, -0.2) is 9.69 Å². The number of carbonyl (C=O) groups is 1. The quantitative estimate of drug-likeness (QED) is 0.229. The van der Waals surface area contributed by atoms with E-state index in [1.165, 1.54) is 0 Å². The van der Waals surface area contributed by atoms with Crippen molar-refractivity contribution in [3.63, 3.8) is 0 Å². The Bertz CT molecular complexity index is 908. The third-order valence-electron chi connectivity index (χ3n) is 6.38. The second-order valence-electron chi connectivity index (χ2n) is 8.96. The number of ether oxygens (including phenoxy) is 2. The van der Waals surface area contributed by atoms with E-state index in [9.17, 15) is 4.79 Å². The van der Waals surface area contributed by atoms with Crippen LogP contribution in [0.5, 0.6) is 5.75 Å². The van der Waals surface area contributed by atoms with Gasteiger partial charge in [0.2, 0.25) is 0 Å². The zero-order valence-corrected chi connectivity index (χ0v) is 21.0. The molecule has 0 saturated carbocycles. The van der Waals surface area contributed by atoms with Crippen molar-refractivity contribution in [1.29, 1.82) is 0 Å². The first-order valence-corrected chi connectivity index (χ1v) is 12.6. The molecule has 2 aromatic rings. The van der Waals surface area contributed by atoms with Crippen LogP contribution >= 0.6 is 0 Å². The molecule has 0 spiro atoms. The Labute approximate surface area is 205 Å². The predicted octanol–water partition coefficient (Wildman–Crippen LogP) is 7.44. The number of cyclic esters (lactones) is 1. The van der Waals surface area contributed by atoms with E-state index in [4.69, 9.17) is 14.1 Å². The van der Waals surface area contributed by atoms with Crippen LogP contribution in [0.3, 0.4) is 0 Å². The molecule has 0 aliphatic carbocycles. The SMILES string of the molecule is CCCCB(CCCC)O/C(=C\[C@@H](C)c1ccc(OC)cc1)N1C(=O)OC[C@@H]1c1ccccc1. The van der Waals surface area contributed by atoms with Crippen LogP contribution in [0.1, 0.15) is 69.5 Å². The predicted molar refractivity (Wildman–Crippen MR) is 138 cm³/mol. The molecule has 0 bridgehead atoms. The van der Waals surface area contributed by atoms with Gasteiger partial charge < -0.3 is 14.1 Å². The highest BCUT2D eigenvalue weighted by Crippen LogP contribution is 2.34. The number of benzene rings is 2. The number of rotatable bonds is 13. The number of amides is 1. The van der Waals surface area contributed by atoms with E-state index in [0.29, 0.717) is 12.5 Å². The molecule has 0 radical (unpaired) electrons. The van der Waals surface area contributed by atoms with Gasteiger partial charge in [0.15, 0.2) is 5.88 Å². The van der Waals surface area contributed by atoms with E-state index in [-0.39, 0.29) is 25.0 Å². The van der Waals surface area contributed by atoms with E-state index in [2.05, 4.69) is 39.0 Å². The zero-order valence-electron chi connectivity index (χ0n) is 21.0. The number of carbonyl (C=O) groups excluding carboxylic acids is 1. The molecular weight excluding hydrogens is 425 g/mol. The average Bonchev–Trinajstić information content (AvgIpc) is 3.26. The first-order chi connectivity index (χ1) is 16.6. The Balaban J connectivity index is 1.95. The van der Waals surface area contributed by atoms with Crippen molar-refractivity contribution in [1.82, 2.24) is 4.90 Å². The summed E-state index contributed by atoms with van der Waals surface area (Å²) in [7, 11) is 1.67. The third-order valence-corrected chi connectivity index (χ3v) is 6.38. The van der Waals surface area contributed by atoms with Gasteiger partial charge in [0.05, 0.1) is 7.11 Å². The summed E-state index contributed by atoms with van der Waals surface area (Å²) in [5.74, 6) is 1.46. The summed E-state index contributed by atoms with van der Waals surface area (Å²) in [6.45, 7) is 6.90. The molecule has 2 aromatic carbocycles. The number of hydrogen-bond acceptors (Lipinski definition) is 4. The molecular formula is C28H38BNO4. The number of unbranched alkanes of at least 4 members (excludes halogenated alkanes) is 2. The maximum atomic E-state index is 13.0. The first-order valence-electron chi connectivity index (χ1n) is 12.6. The summed E-state index contributed by atoms with van der Waals surface area (Å²) in [4.78, 5) is 14.7. The van der Waals surface area contributed by atoms with E-state index >= 15 is 0 Å². The number of nitrogens with zero attached hydrogens (tertiary/aromatic N) is 1.